The third-order valence-corrected chi connectivity index (χ3v) is 20.3. The van der Waals surface area contributed by atoms with Crippen LogP contribution in [-0.4, -0.2) is 0 Å². The Labute approximate surface area is 551 Å². The lowest BCUT2D eigenvalue weighted by Crippen LogP contribution is -2.46. The van der Waals surface area contributed by atoms with Crippen molar-refractivity contribution in [3.63, 3.8) is 0 Å². The molecule has 0 atom stereocenters. The van der Waals surface area contributed by atoms with E-state index in [9.17, 15) is 10.2 Å². The monoisotopic (exact) mass is 1210 g/mol. The Kier molecular flexibility index (Phi) is 15.1. The lowest BCUT2D eigenvalue weighted by Gasteiger charge is -2.54. The first-order valence-corrected chi connectivity index (χ1v) is 32.9. The second-order valence-electron chi connectivity index (χ2n) is 25.6. The highest BCUT2D eigenvalue weighted by Crippen LogP contribution is 2.59. The highest BCUT2D eigenvalue weighted by Gasteiger charge is 2.50. The van der Waals surface area contributed by atoms with E-state index in [4.69, 9.17) is 0 Å². The van der Waals surface area contributed by atoms with E-state index in [1.165, 1.54) is 22.3 Å². The molecule has 3 saturated carbocycles. The summed E-state index contributed by atoms with van der Waals surface area (Å²) in [6.07, 6.45) is 6.91. The summed E-state index contributed by atoms with van der Waals surface area (Å²) in [7, 11) is 0. The molecule has 0 radical (unpaired) electrons. The van der Waals surface area contributed by atoms with Gasteiger partial charge in [-0.15, -0.1) is 0 Å². The molecule has 3 aliphatic rings. The summed E-state index contributed by atoms with van der Waals surface area (Å²) < 4.78 is 4.70. The molecule has 450 valence electrons. The Bertz CT molecular complexity index is 4430. The van der Waals surface area contributed by atoms with Gasteiger partial charge in [0.2, 0.25) is 34.2 Å². The fraction of sp³-hybridized carbons (Fsp3) is 0.0889. The van der Waals surface area contributed by atoms with Crippen molar-refractivity contribution in [2.45, 2.75) is 49.4 Å². The number of rotatable bonds is 14. The van der Waals surface area contributed by atoms with Gasteiger partial charge in [0, 0.05) is 70.8 Å². The second-order valence-corrected chi connectivity index (χ2v) is 25.6. The molecule has 3 fully saturated rings. The zero-order chi connectivity index (χ0) is 63.0. The van der Waals surface area contributed by atoms with Crippen LogP contribution < -0.4 is 19.3 Å². The Morgan fingerprint density at radius 1 is 0.202 bits per heavy atom. The zero-order valence-electron chi connectivity index (χ0n) is 52.3. The fourth-order valence-corrected chi connectivity index (χ4v) is 15.3. The minimum absolute atomic E-state index is 0.00790. The molecule has 0 aliphatic heterocycles. The first kappa shape index (κ1) is 57.7. The molecule has 14 aromatic rings. The number of hydrogen-bond donors (Lipinski definition) is 0. The van der Waals surface area contributed by atoms with Gasteiger partial charge in [-0.05, 0) is 176 Å². The molecule has 12 aromatic carbocycles. The van der Waals surface area contributed by atoms with Crippen molar-refractivity contribution < 1.29 is 19.3 Å². The second kappa shape index (κ2) is 24.6. The fourth-order valence-electron chi connectivity index (χ4n) is 15.3. The Hall–Kier alpha value is -11.5. The molecule has 0 amide bonds. The van der Waals surface area contributed by atoms with Gasteiger partial charge in [-0.3, -0.25) is 0 Å². The summed E-state index contributed by atoms with van der Waals surface area (Å²) in [6.45, 7) is 0. The average Bonchev–Trinajstić information content (AvgIpc) is 0.749. The summed E-state index contributed by atoms with van der Waals surface area (Å²) >= 11 is 0. The molecule has 2 bridgehead atoms. The minimum Gasteiger partial charge on any atom is -0.872 e. The average molecular weight is 1210 g/mol. The Balaban J connectivity index is 0.726. The maximum Gasteiger partial charge on any atom is 0.219 e. The molecule has 0 saturated heterocycles. The van der Waals surface area contributed by atoms with E-state index < -0.39 is 0 Å². The van der Waals surface area contributed by atoms with Gasteiger partial charge in [0.1, 0.15) is 0 Å². The summed E-state index contributed by atoms with van der Waals surface area (Å²) in [4.78, 5) is 0. The van der Waals surface area contributed by atoms with Crippen LogP contribution in [0.5, 0.6) is 11.5 Å². The van der Waals surface area contributed by atoms with Crippen LogP contribution in [0.2, 0.25) is 0 Å². The molecule has 2 heterocycles. The Morgan fingerprint density at radius 2 is 0.404 bits per heavy atom. The van der Waals surface area contributed by atoms with E-state index >= 15 is 0 Å². The van der Waals surface area contributed by atoms with E-state index in [1.54, 1.807) is 0 Å². The number of benzene rings is 12. The summed E-state index contributed by atoms with van der Waals surface area (Å²) in [6, 6.07) is 120. The maximum atomic E-state index is 14.6. The third-order valence-electron chi connectivity index (χ3n) is 20.3. The van der Waals surface area contributed by atoms with Gasteiger partial charge in [-0.1, -0.05) is 254 Å². The molecule has 0 unspecified atom stereocenters. The lowest BCUT2D eigenvalue weighted by molar-refractivity contribution is -0.572. The minimum atomic E-state index is 0.00790. The van der Waals surface area contributed by atoms with Crippen LogP contribution in [0.4, 0.5) is 0 Å². The molecule has 2 aromatic heterocycles. The SMILES string of the molecule is [O-]c1c(-c2ccccc2)cc(-[n+]2c(-c3ccccc3)cc(-c3ccc(C45CCC(c6ccc(-c7cc(-c8ccccc8)[n+](-c8cc(-c9ccccc9)c([O-])c(-c9ccccc9)c8)c(-c8ccccc8)c7)cc6)(CC4)CC5)cc3)cc2-c2ccccc2)cc1-c1ccccc1. The number of pyridine rings is 2. The van der Waals surface area contributed by atoms with Crippen molar-refractivity contribution in [3.05, 3.63) is 351 Å². The van der Waals surface area contributed by atoms with E-state index in [0.29, 0.717) is 22.3 Å². The lowest BCUT2D eigenvalue weighted by atomic mass is 9.50. The highest BCUT2D eigenvalue weighted by atomic mass is 16.3. The van der Waals surface area contributed by atoms with Crippen LogP contribution in [0.3, 0.4) is 0 Å². The number of aromatic nitrogens is 2. The molecular formula is C90H68N2O2. The van der Waals surface area contributed by atoms with Crippen LogP contribution in [0, 0.1) is 0 Å². The first-order valence-electron chi connectivity index (χ1n) is 32.9. The summed E-state index contributed by atoms with van der Waals surface area (Å²) in [5.41, 5.74) is 24.2. The van der Waals surface area contributed by atoms with E-state index in [2.05, 4.69) is 228 Å². The van der Waals surface area contributed by atoms with Crippen LogP contribution >= 0.6 is 0 Å². The van der Waals surface area contributed by atoms with Gasteiger partial charge in [0.25, 0.3) is 0 Å². The summed E-state index contributed by atoms with van der Waals surface area (Å²) in [5, 5.41) is 29.2. The van der Waals surface area contributed by atoms with Crippen molar-refractivity contribution in [1.82, 2.24) is 0 Å². The van der Waals surface area contributed by atoms with Gasteiger partial charge >= 0.3 is 0 Å². The zero-order valence-corrected chi connectivity index (χ0v) is 52.3. The molecule has 3 aliphatic carbocycles. The molecule has 4 heteroatoms. The van der Waals surface area contributed by atoms with Crippen molar-refractivity contribution >= 4 is 0 Å². The molecular weight excluding hydrogens is 1140 g/mol. The number of hydrogen-bond acceptors (Lipinski definition) is 2. The number of nitrogens with zero attached hydrogens (tertiary/aromatic N) is 2. The predicted molar refractivity (Wildman–Crippen MR) is 380 cm³/mol. The largest absolute Gasteiger partial charge is 0.872 e. The predicted octanol–water partition coefficient (Wildman–Crippen LogP) is 20.6. The molecule has 0 spiro atoms. The molecule has 17 rings (SSSR count). The quantitative estimate of drug-likeness (QED) is 0.102. The van der Waals surface area contributed by atoms with Crippen LogP contribution in [0.1, 0.15) is 49.7 Å². The van der Waals surface area contributed by atoms with Crippen molar-refractivity contribution in [3.8, 4) is 135 Å². The van der Waals surface area contributed by atoms with Gasteiger partial charge in [-0.25, -0.2) is 0 Å². The topological polar surface area (TPSA) is 53.9 Å². The van der Waals surface area contributed by atoms with Crippen LogP contribution in [0.25, 0.3) is 123 Å². The Morgan fingerprint density at radius 3 is 0.617 bits per heavy atom. The summed E-state index contributed by atoms with van der Waals surface area (Å²) in [5.74, 6) is 0.0158. The maximum absolute atomic E-state index is 14.6. The van der Waals surface area contributed by atoms with E-state index in [0.717, 1.165) is 128 Å². The normalized spacial score (nSPS) is 15.8. The van der Waals surface area contributed by atoms with Crippen molar-refractivity contribution in [1.29, 1.82) is 0 Å². The highest BCUT2D eigenvalue weighted by molar-refractivity contribution is 5.86. The van der Waals surface area contributed by atoms with Gasteiger partial charge in [-0.2, -0.15) is 9.13 Å². The van der Waals surface area contributed by atoms with Crippen LogP contribution in [0.15, 0.2) is 340 Å². The van der Waals surface area contributed by atoms with Gasteiger partial charge in [0.15, 0.2) is 0 Å². The smallest absolute Gasteiger partial charge is 0.219 e. The van der Waals surface area contributed by atoms with Crippen molar-refractivity contribution in [2.24, 2.45) is 0 Å². The first-order chi connectivity index (χ1) is 46.3. The molecule has 94 heavy (non-hydrogen) atoms. The van der Waals surface area contributed by atoms with Gasteiger partial charge in [0.05, 0.1) is 0 Å². The number of fused-ring (bicyclic) bond motifs is 3. The van der Waals surface area contributed by atoms with Crippen molar-refractivity contribution in [2.75, 3.05) is 0 Å². The molecule has 0 N–H and O–H groups in total. The van der Waals surface area contributed by atoms with E-state index in [1.807, 2.05) is 121 Å². The third kappa shape index (κ3) is 10.8. The standard InChI is InChI=1S/C90H68N2O2/c93-87-79(65-25-9-1-10-26-65)59-77(60-80(87)66-27-11-2-12-28-66)91-83(69-33-17-5-18-34-69)55-73(56-84(91)70-35-19-6-20-36-70)63-41-45-75(46-42-63)89-49-52-90(53-50-89,54-51-89)76-47-43-64(44-48-76)74-57-85(71-37-21-7-22-38-71)92(86(58-74)72-39-23-8-24-40-72)78-61-81(67-29-13-3-14-30-67)88(94)82(62-78)68-31-15-4-16-32-68/h1-48,55-62H,49-54H2. The van der Waals surface area contributed by atoms with E-state index in [-0.39, 0.29) is 22.3 Å². The van der Waals surface area contributed by atoms with Gasteiger partial charge < -0.3 is 10.2 Å². The molecule has 4 nitrogen and oxygen atoms in total. The van der Waals surface area contributed by atoms with Crippen LogP contribution in [-0.2, 0) is 10.8 Å².